The van der Waals surface area contributed by atoms with Crippen LogP contribution in [0.4, 0.5) is 14.9 Å². The van der Waals surface area contributed by atoms with Crippen molar-refractivity contribution in [2.24, 2.45) is 0 Å². The van der Waals surface area contributed by atoms with Crippen molar-refractivity contribution in [3.8, 4) is 0 Å². The third-order valence-corrected chi connectivity index (χ3v) is 1.99. The number of rotatable bonds is 4. The number of hydrogen-bond acceptors (Lipinski definition) is 3. The highest BCUT2D eigenvalue weighted by molar-refractivity contribution is 5.87. The van der Waals surface area contributed by atoms with Gasteiger partial charge in [-0.25, -0.2) is 14.0 Å². The number of amides is 1. The molecule has 96 valence electrons. The van der Waals surface area contributed by atoms with Gasteiger partial charge in [0.2, 0.25) is 6.10 Å². The zero-order valence-electron chi connectivity index (χ0n) is 9.64. The van der Waals surface area contributed by atoms with Gasteiger partial charge in [0.1, 0.15) is 5.82 Å². The minimum absolute atomic E-state index is 0.191. The molecule has 1 rings (SSSR count). The molecule has 1 amide bonds. The van der Waals surface area contributed by atoms with Gasteiger partial charge in [0.25, 0.3) is 0 Å². The third kappa shape index (κ3) is 3.89. The zero-order chi connectivity index (χ0) is 13.7. The van der Waals surface area contributed by atoms with Crippen LogP contribution in [0.5, 0.6) is 0 Å². The Morgan fingerprint density at radius 2 is 1.94 bits per heavy atom. The summed E-state index contributed by atoms with van der Waals surface area (Å²) in [6.45, 7) is 4.85. The van der Waals surface area contributed by atoms with E-state index in [0.717, 1.165) is 12.1 Å². The summed E-state index contributed by atoms with van der Waals surface area (Å²) >= 11 is 0. The molecule has 0 aliphatic carbocycles. The van der Waals surface area contributed by atoms with Gasteiger partial charge in [-0.05, 0) is 36.8 Å². The van der Waals surface area contributed by atoms with Crippen molar-refractivity contribution in [1.29, 1.82) is 0 Å². The summed E-state index contributed by atoms with van der Waals surface area (Å²) in [6.07, 6.45) is -2.36. The average Bonchev–Trinajstić information content (AvgIpc) is 2.28. The van der Waals surface area contributed by atoms with Gasteiger partial charge < -0.3 is 9.84 Å². The van der Waals surface area contributed by atoms with Crippen LogP contribution in [0.15, 0.2) is 36.4 Å². The Morgan fingerprint density at radius 3 is 2.39 bits per heavy atom. The molecule has 0 aliphatic heterocycles. The van der Waals surface area contributed by atoms with Gasteiger partial charge in [0, 0.05) is 5.69 Å². The molecule has 0 fully saturated rings. The number of carboxylic acid groups (broad SMARTS) is 1. The molecule has 0 spiro atoms. The fraction of sp³-hybridized carbons (Fsp3) is 0.167. The van der Waals surface area contributed by atoms with E-state index in [2.05, 4.69) is 16.6 Å². The zero-order valence-corrected chi connectivity index (χ0v) is 9.64. The Kier molecular flexibility index (Phi) is 4.42. The van der Waals surface area contributed by atoms with Crippen LogP contribution in [0.25, 0.3) is 0 Å². The number of benzene rings is 1. The van der Waals surface area contributed by atoms with Crippen molar-refractivity contribution in [1.82, 2.24) is 0 Å². The number of carboxylic acids is 1. The van der Waals surface area contributed by atoms with Crippen LogP contribution >= 0.6 is 0 Å². The summed E-state index contributed by atoms with van der Waals surface area (Å²) in [4.78, 5) is 22.1. The van der Waals surface area contributed by atoms with Crippen LogP contribution < -0.4 is 5.32 Å². The molecule has 2 N–H and O–H groups in total. The molecule has 0 saturated carbocycles. The fourth-order valence-electron chi connectivity index (χ4n) is 1.15. The predicted molar refractivity (Wildman–Crippen MR) is 62.7 cm³/mol. The smallest absolute Gasteiger partial charge is 0.412 e. The highest BCUT2D eigenvalue weighted by Gasteiger charge is 2.22. The maximum absolute atomic E-state index is 12.6. The number of halogens is 1. The molecule has 1 unspecified atom stereocenters. The van der Waals surface area contributed by atoms with Gasteiger partial charge in [-0.15, -0.1) is 0 Å². The van der Waals surface area contributed by atoms with Crippen molar-refractivity contribution in [3.63, 3.8) is 0 Å². The normalized spacial score (nSPS) is 11.4. The first kappa shape index (κ1) is 13.7. The lowest BCUT2D eigenvalue weighted by Gasteiger charge is -2.14. The van der Waals surface area contributed by atoms with E-state index in [1.807, 2.05) is 0 Å². The van der Waals surface area contributed by atoms with Crippen molar-refractivity contribution >= 4 is 17.7 Å². The van der Waals surface area contributed by atoms with Gasteiger partial charge in [-0.3, -0.25) is 5.32 Å². The number of hydrogen-bond donors (Lipinski definition) is 2. The summed E-state index contributed by atoms with van der Waals surface area (Å²) in [7, 11) is 0. The number of ether oxygens (including phenoxy) is 1. The number of anilines is 1. The fourth-order valence-corrected chi connectivity index (χ4v) is 1.15. The number of nitrogens with one attached hydrogen (secondary N) is 1. The molecular formula is C12H12FNO4. The summed E-state index contributed by atoms with van der Waals surface area (Å²) in [5.74, 6) is -1.75. The standard InChI is InChI=1S/C12H12FNO4/c1-7(2)10(11(15)16)18-12(17)14-9-5-3-8(13)4-6-9/h3-6,10H,1H2,2H3,(H,14,17)(H,15,16). The lowest BCUT2D eigenvalue weighted by molar-refractivity contribution is -0.144. The van der Waals surface area contributed by atoms with Gasteiger partial charge in [0.05, 0.1) is 0 Å². The maximum Gasteiger partial charge on any atom is 0.412 e. The average molecular weight is 253 g/mol. The molecule has 0 aromatic heterocycles. The minimum atomic E-state index is -1.41. The predicted octanol–water partition coefficient (Wildman–Crippen LogP) is 2.40. The molecule has 18 heavy (non-hydrogen) atoms. The molecule has 0 bridgehead atoms. The maximum atomic E-state index is 12.6. The number of aliphatic carboxylic acids is 1. The van der Waals surface area contributed by atoms with E-state index in [-0.39, 0.29) is 5.57 Å². The second-order valence-corrected chi connectivity index (χ2v) is 3.60. The van der Waals surface area contributed by atoms with E-state index < -0.39 is 24.0 Å². The Morgan fingerprint density at radius 1 is 1.39 bits per heavy atom. The lowest BCUT2D eigenvalue weighted by Crippen LogP contribution is -2.30. The molecule has 6 heteroatoms. The van der Waals surface area contributed by atoms with Crippen LogP contribution in [0.3, 0.4) is 0 Å². The largest absolute Gasteiger partial charge is 0.478 e. The van der Waals surface area contributed by atoms with Crippen molar-refractivity contribution in [2.75, 3.05) is 5.32 Å². The first-order chi connectivity index (χ1) is 8.40. The Bertz CT molecular complexity index is 455. The van der Waals surface area contributed by atoms with E-state index in [4.69, 9.17) is 5.11 Å². The quantitative estimate of drug-likeness (QED) is 0.808. The van der Waals surface area contributed by atoms with E-state index in [1.54, 1.807) is 0 Å². The molecule has 0 aliphatic rings. The topological polar surface area (TPSA) is 75.6 Å². The lowest BCUT2D eigenvalue weighted by atomic mass is 10.2. The molecular weight excluding hydrogens is 241 g/mol. The SMILES string of the molecule is C=C(C)C(OC(=O)Nc1ccc(F)cc1)C(=O)O. The van der Waals surface area contributed by atoms with Crippen molar-refractivity contribution < 1.29 is 23.8 Å². The Labute approximate surface area is 103 Å². The molecule has 0 heterocycles. The van der Waals surface area contributed by atoms with Gasteiger partial charge in [-0.2, -0.15) is 0 Å². The van der Waals surface area contributed by atoms with Gasteiger partial charge in [0.15, 0.2) is 0 Å². The van der Waals surface area contributed by atoms with Crippen LogP contribution in [0.2, 0.25) is 0 Å². The molecule has 0 saturated heterocycles. The van der Waals surface area contributed by atoms with E-state index in [0.29, 0.717) is 5.69 Å². The Balaban J connectivity index is 2.63. The van der Waals surface area contributed by atoms with Gasteiger partial charge >= 0.3 is 12.1 Å². The highest BCUT2D eigenvalue weighted by atomic mass is 19.1. The van der Waals surface area contributed by atoms with Crippen LogP contribution in [-0.4, -0.2) is 23.3 Å². The molecule has 1 atom stereocenters. The summed E-state index contributed by atoms with van der Waals surface area (Å²) in [5.41, 5.74) is 0.490. The molecule has 5 nitrogen and oxygen atoms in total. The van der Waals surface area contributed by atoms with Crippen molar-refractivity contribution in [2.45, 2.75) is 13.0 Å². The van der Waals surface area contributed by atoms with E-state index >= 15 is 0 Å². The molecule has 0 radical (unpaired) electrons. The monoisotopic (exact) mass is 253 g/mol. The first-order valence-corrected chi connectivity index (χ1v) is 5.01. The van der Waals surface area contributed by atoms with Crippen LogP contribution in [0, 0.1) is 5.82 Å². The van der Waals surface area contributed by atoms with Crippen molar-refractivity contribution in [3.05, 3.63) is 42.2 Å². The summed E-state index contributed by atoms with van der Waals surface area (Å²) in [5, 5.41) is 11.1. The van der Waals surface area contributed by atoms with E-state index in [1.165, 1.54) is 19.1 Å². The third-order valence-electron chi connectivity index (χ3n) is 1.99. The Hall–Kier alpha value is -2.37. The number of carbonyl (C=O) groups is 2. The summed E-state index contributed by atoms with van der Waals surface area (Å²) < 4.78 is 17.3. The van der Waals surface area contributed by atoms with E-state index in [9.17, 15) is 14.0 Å². The van der Waals surface area contributed by atoms with Gasteiger partial charge in [-0.1, -0.05) is 6.58 Å². The first-order valence-electron chi connectivity index (χ1n) is 5.01. The van der Waals surface area contributed by atoms with Crippen LogP contribution in [-0.2, 0) is 9.53 Å². The number of carbonyl (C=O) groups excluding carboxylic acids is 1. The minimum Gasteiger partial charge on any atom is -0.478 e. The summed E-state index contributed by atoms with van der Waals surface area (Å²) in [6, 6.07) is 4.96. The second kappa shape index (κ2) is 5.81. The molecule has 1 aromatic carbocycles. The van der Waals surface area contributed by atoms with Crippen LogP contribution in [0.1, 0.15) is 6.92 Å². The highest BCUT2D eigenvalue weighted by Crippen LogP contribution is 2.10. The second-order valence-electron chi connectivity index (χ2n) is 3.60. The molecule has 1 aromatic rings.